The van der Waals surface area contributed by atoms with Gasteiger partial charge in [0.05, 0.1) is 12.2 Å². The van der Waals surface area contributed by atoms with Crippen LogP contribution >= 0.6 is 8.25 Å². The lowest BCUT2D eigenvalue weighted by molar-refractivity contribution is 0.0628. The molecule has 0 unspecified atom stereocenters. The van der Waals surface area contributed by atoms with E-state index in [1.54, 1.807) is 0 Å². The molecule has 2 atom stereocenters. The van der Waals surface area contributed by atoms with E-state index in [1.807, 2.05) is 13.8 Å². The lowest BCUT2D eigenvalue weighted by Crippen LogP contribution is -2.19. The molecule has 9 heavy (non-hydrogen) atoms. The van der Waals surface area contributed by atoms with Gasteiger partial charge in [0.15, 0.2) is 0 Å². The van der Waals surface area contributed by atoms with Crippen LogP contribution < -0.4 is 0 Å². The molecule has 1 radical (unpaired) electrons. The van der Waals surface area contributed by atoms with Gasteiger partial charge in [0.1, 0.15) is 0 Å². The molecule has 0 bridgehead atoms. The summed E-state index contributed by atoms with van der Waals surface area (Å²) in [6.07, 6.45) is 0.996. The van der Waals surface area contributed by atoms with Crippen molar-refractivity contribution in [2.24, 2.45) is 0 Å². The number of hydrogen-bond acceptors (Lipinski definition) is 3. The highest BCUT2D eigenvalue weighted by Gasteiger charge is 2.22. The van der Waals surface area contributed by atoms with Gasteiger partial charge >= 0.3 is 8.25 Å². The predicted octanol–water partition coefficient (Wildman–Crippen LogP) is 1.86. The average molecular weight is 149 g/mol. The van der Waals surface area contributed by atoms with Crippen LogP contribution in [0.2, 0.25) is 0 Å². The van der Waals surface area contributed by atoms with Crippen molar-refractivity contribution in [2.75, 3.05) is 0 Å². The van der Waals surface area contributed by atoms with Gasteiger partial charge in [0, 0.05) is 6.42 Å². The van der Waals surface area contributed by atoms with Gasteiger partial charge < -0.3 is 0 Å². The second-order valence-electron chi connectivity index (χ2n) is 2.29. The summed E-state index contributed by atoms with van der Waals surface area (Å²) in [5.41, 5.74) is 0. The Morgan fingerprint density at radius 2 is 1.78 bits per heavy atom. The summed E-state index contributed by atoms with van der Waals surface area (Å²) in [6, 6.07) is 0. The van der Waals surface area contributed by atoms with Gasteiger partial charge in [-0.3, -0.25) is 9.05 Å². The zero-order valence-corrected chi connectivity index (χ0v) is 6.43. The molecule has 0 N–H and O–H groups in total. The molecule has 1 saturated heterocycles. The summed E-state index contributed by atoms with van der Waals surface area (Å²) in [5, 5.41) is 0. The van der Waals surface area contributed by atoms with Gasteiger partial charge in [0.25, 0.3) is 0 Å². The second-order valence-corrected chi connectivity index (χ2v) is 3.16. The summed E-state index contributed by atoms with van der Waals surface area (Å²) in [4.78, 5) is 0. The molecule has 0 amide bonds. The van der Waals surface area contributed by atoms with Crippen molar-refractivity contribution in [1.29, 1.82) is 0 Å². The van der Waals surface area contributed by atoms with E-state index >= 15 is 0 Å². The summed E-state index contributed by atoms with van der Waals surface area (Å²) >= 11 is 0. The minimum absolute atomic E-state index is 0.0809. The van der Waals surface area contributed by atoms with E-state index in [2.05, 4.69) is 0 Å². The van der Waals surface area contributed by atoms with Gasteiger partial charge in [-0.05, 0) is 13.8 Å². The molecular weight excluding hydrogens is 139 g/mol. The molecule has 1 rings (SSSR count). The van der Waals surface area contributed by atoms with Crippen molar-refractivity contribution in [2.45, 2.75) is 32.5 Å². The van der Waals surface area contributed by atoms with E-state index in [0.717, 1.165) is 6.42 Å². The molecule has 0 saturated carbocycles. The number of rotatable bonds is 0. The Labute approximate surface area is 55.3 Å². The van der Waals surface area contributed by atoms with Crippen LogP contribution in [-0.4, -0.2) is 12.2 Å². The zero-order chi connectivity index (χ0) is 6.85. The summed E-state index contributed by atoms with van der Waals surface area (Å²) in [7, 11) is -1.82. The predicted molar refractivity (Wildman–Crippen MR) is 33.3 cm³/mol. The first-order chi connectivity index (χ1) is 4.18. The highest BCUT2D eigenvalue weighted by atomic mass is 31.1. The molecule has 3 nitrogen and oxygen atoms in total. The molecule has 0 aromatic heterocycles. The van der Waals surface area contributed by atoms with E-state index < -0.39 is 8.25 Å². The first-order valence-electron chi connectivity index (χ1n) is 2.99. The second kappa shape index (κ2) is 2.74. The SMILES string of the molecule is C[C@@H]1C[C@@H](C)O[P](=O)O1. The highest BCUT2D eigenvalue weighted by molar-refractivity contribution is 7.33. The van der Waals surface area contributed by atoms with Gasteiger partial charge in [-0.15, -0.1) is 0 Å². The maximum Gasteiger partial charge on any atom is 0.369 e. The van der Waals surface area contributed by atoms with Crippen LogP contribution in [0.1, 0.15) is 20.3 Å². The van der Waals surface area contributed by atoms with Crippen molar-refractivity contribution >= 4 is 8.25 Å². The lowest BCUT2D eigenvalue weighted by Gasteiger charge is -2.21. The molecule has 0 aliphatic carbocycles. The van der Waals surface area contributed by atoms with Crippen LogP contribution in [0, 0.1) is 0 Å². The fourth-order valence-corrected chi connectivity index (χ4v) is 1.68. The van der Waals surface area contributed by atoms with E-state index in [4.69, 9.17) is 9.05 Å². The third kappa shape index (κ3) is 2.01. The van der Waals surface area contributed by atoms with E-state index in [0.29, 0.717) is 0 Å². The largest absolute Gasteiger partial charge is 0.369 e. The maximum atomic E-state index is 10.6. The van der Waals surface area contributed by atoms with Crippen molar-refractivity contribution in [3.05, 3.63) is 0 Å². The highest BCUT2D eigenvalue weighted by Crippen LogP contribution is 2.35. The van der Waals surface area contributed by atoms with Crippen LogP contribution in [0.3, 0.4) is 0 Å². The molecule has 1 heterocycles. The van der Waals surface area contributed by atoms with Gasteiger partial charge in [-0.2, -0.15) is 0 Å². The Morgan fingerprint density at radius 3 is 2.11 bits per heavy atom. The maximum absolute atomic E-state index is 10.6. The number of hydrogen-bond donors (Lipinski definition) is 0. The van der Waals surface area contributed by atoms with Crippen LogP contribution in [0.25, 0.3) is 0 Å². The first-order valence-corrected chi connectivity index (χ1v) is 4.09. The monoisotopic (exact) mass is 149 g/mol. The van der Waals surface area contributed by atoms with Crippen molar-refractivity contribution in [3.8, 4) is 0 Å². The quantitative estimate of drug-likeness (QED) is 0.493. The summed E-state index contributed by atoms with van der Waals surface area (Å²) < 4.78 is 20.3. The molecule has 0 aromatic rings. The molecule has 1 fully saturated rings. The van der Waals surface area contributed by atoms with Crippen molar-refractivity contribution in [3.63, 3.8) is 0 Å². The minimum atomic E-state index is -1.82. The van der Waals surface area contributed by atoms with E-state index in [1.165, 1.54) is 0 Å². The Kier molecular flexibility index (Phi) is 2.17. The Morgan fingerprint density at radius 1 is 1.33 bits per heavy atom. The average Bonchev–Trinajstić information content (AvgIpc) is 1.59. The fourth-order valence-electron chi connectivity index (χ4n) is 0.872. The van der Waals surface area contributed by atoms with Gasteiger partial charge in [0.2, 0.25) is 0 Å². The fraction of sp³-hybridized carbons (Fsp3) is 1.00. The minimum Gasteiger partial charge on any atom is -0.280 e. The Bertz CT molecular complexity index is 113. The van der Waals surface area contributed by atoms with E-state index in [-0.39, 0.29) is 12.2 Å². The lowest BCUT2D eigenvalue weighted by atomic mass is 10.2. The molecule has 1 aliphatic rings. The molecule has 53 valence electrons. The summed E-state index contributed by atoms with van der Waals surface area (Å²) in [6.45, 7) is 3.79. The van der Waals surface area contributed by atoms with Crippen LogP contribution in [0.4, 0.5) is 0 Å². The third-order valence-electron chi connectivity index (χ3n) is 1.20. The Balaban J connectivity index is 2.43. The standard InChI is InChI=1S/C5H10O3P/c1-4-3-5(2)8-9(6)7-4/h4-5H,3H2,1-2H3/t4-,5-/m1/s1. The van der Waals surface area contributed by atoms with Crippen molar-refractivity contribution < 1.29 is 13.6 Å². The van der Waals surface area contributed by atoms with E-state index in [9.17, 15) is 4.57 Å². The Hall–Kier alpha value is 0.0200. The molecular formula is C5H10O3P. The zero-order valence-electron chi connectivity index (χ0n) is 5.53. The van der Waals surface area contributed by atoms with Gasteiger partial charge in [-0.25, -0.2) is 4.57 Å². The molecule has 0 aromatic carbocycles. The first kappa shape index (κ1) is 7.13. The molecule has 1 aliphatic heterocycles. The van der Waals surface area contributed by atoms with Crippen LogP contribution in [-0.2, 0) is 13.6 Å². The normalized spacial score (nSPS) is 40.9. The smallest absolute Gasteiger partial charge is 0.280 e. The van der Waals surface area contributed by atoms with Gasteiger partial charge in [-0.1, -0.05) is 0 Å². The third-order valence-corrected chi connectivity index (χ3v) is 2.26. The van der Waals surface area contributed by atoms with Crippen molar-refractivity contribution in [1.82, 2.24) is 0 Å². The molecule has 0 spiro atoms. The topological polar surface area (TPSA) is 35.5 Å². The molecule has 4 heteroatoms. The summed E-state index contributed by atoms with van der Waals surface area (Å²) in [5.74, 6) is 0. The van der Waals surface area contributed by atoms with Crippen LogP contribution in [0.15, 0.2) is 0 Å². The van der Waals surface area contributed by atoms with Crippen LogP contribution in [0.5, 0.6) is 0 Å².